The molecule has 4 aromatic rings. The number of thiophene rings is 1. The molecule has 140 valence electrons. The quantitative estimate of drug-likeness (QED) is 0.522. The molecule has 0 aromatic carbocycles. The van der Waals surface area contributed by atoms with E-state index in [4.69, 9.17) is 9.72 Å². The fourth-order valence-corrected chi connectivity index (χ4v) is 4.34. The van der Waals surface area contributed by atoms with E-state index in [9.17, 15) is 4.79 Å². The van der Waals surface area contributed by atoms with Crippen molar-refractivity contribution in [3.05, 3.63) is 47.7 Å². The predicted octanol–water partition coefficient (Wildman–Crippen LogP) is 3.16. The molecular formula is C20H17N5O2S. The molecule has 1 unspecified atom stereocenters. The molecule has 4 aromatic heterocycles. The smallest absolute Gasteiger partial charge is 0.264 e. The Morgan fingerprint density at radius 1 is 1.21 bits per heavy atom. The first kappa shape index (κ1) is 17.2. The van der Waals surface area contributed by atoms with Gasteiger partial charge < -0.3 is 9.64 Å². The van der Waals surface area contributed by atoms with Gasteiger partial charge in [0.05, 0.1) is 29.8 Å². The molecule has 1 aliphatic rings. The van der Waals surface area contributed by atoms with Crippen LogP contribution < -0.4 is 0 Å². The van der Waals surface area contributed by atoms with Crippen LogP contribution in [-0.4, -0.2) is 56.5 Å². The number of amides is 1. The van der Waals surface area contributed by atoms with Crippen LogP contribution in [0.2, 0.25) is 0 Å². The molecule has 8 heteroatoms. The van der Waals surface area contributed by atoms with Crippen LogP contribution in [0.25, 0.3) is 32.6 Å². The van der Waals surface area contributed by atoms with E-state index in [1.165, 1.54) is 11.3 Å². The summed E-state index contributed by atoms with van der Waals surface area (Å²) in [6.45, 7) is 3.80. The summed E-state index contributed by atoms with van der Waals surface area (Å²) in [5.41, 5.74) is 3.01. The molecule has 1 atom stereocenters. The van der Waals surface area contributed by atoms with Crippen LogP contribution in [0.3, 0.4) is 0 Å². The summed E-state index contributed by atoms with van der Waals surface area (Å²) in [6.07, 6.45) is 5.02. The fraction of sp³-hybridized carbons (Fsp3) is 0.250. The molecular weight excluding hydrogens is 374 g/mol. The minimum absolute atomic E-state index is 0.0444. The van der Waals surface area contributed by atoms with Gasteiger partial charge in [-0.3, -0.25) is 9.78 Å². The van der Waals surface area contributed by atoms with Gasteiger partial charge >= 0.3 is 0 Å². The Hall–Kier alpha value is -2.97. The highest BCUT2D eigenvalue weighted by molar-refractivity contribution is 7.20. The summed E-state index contributed by atoms with van der Waals surface area (Å²) in [6, 6.07) is 7.87. The summed E-state index contributed by atoms with van der Waals surface area (Å²) in [4.78, 5) is 33.9. The first-order valence-corrected chi connectivity index (χ1v) is 9.87. The highest BCUT2D eigenvalue weighted by Gasteiger charge is 2.26. The second-order valence-electron chi connectivity index (χ2n) is 6.75. The molecule has 7 nitrogen and oxygen atoms in total. The zero-order valence-electron chi connectivity index (χ0n) is 15.2. The third-order valence-electron chi connectivity index (χ3n) is 4.84. The lowest BCUT2D eigenvalue weighted by Crippen LogP contribution is -2.46. The van der Waals surface area contributed by atoms with Crippen molar-refractivity contribution in [2.75, 3.05) is 19.8 Å². The van der Waals surface area contributed by atoms with Crippen LogP contribution in [0.5, 0.6) is 0 Å². The Bertz CT molecular complexity index is 1190. The number of aromatic nitrogens is 4. The van der Waals surface area contributed by atoms with Crippen LogP contribution in [-0.2, 0) is 4.74 Å². The molecule has 0 saturated carbocycles. The van der Waals surface area contributed by atoms with E-state index in [-0.39, 0.29) is 11.9 Å². The van der Waals surface area contributed by atoms with Gasteiger partial charge in [0.25, 0.3) is 5.91 Å². The number of fused-ring (bicyclic) bond motifs is 2. The minimum Gasteiger partial charge on any atom is -0.377 e. The monoisotopic (exact) mass is 391 g/mol. The molecule has 28 heavy (non-hydrogen) atoms. The molecule has 5 heterocycles. The number of morpholine rings is 1. The molecule has 5 rings (SSSR count). The molecule has 0 radical (unpaired) electrons. The van der Waals surface area contributed by atoms with Crippen molar-refractivity contribution in [2.45, 2.75) is 13.0 Å². The maximum Gasteiger partial charge on any atom is 0.264 e. The largest absolute Gasteiger partial charge is 0.377 e. The fourth-order valence-electron chi connectivity index (χ4n) is 3.35. The molecule has 0 spiro atoms. The number of hydrogen-bond donors (Lipinski definition) is 0. The normalized spacial score (nSPS) is 17.3. The molecule has 1 amide bonds. The Balaban J connectivity index is 1.50. The van der Waals surface area contributed by atoms with Gasteiger partial charge in [-0.25, -0.2) is 15.0 Å². The molecule has 0 bridgehead atoms. The number of hydrogen-bond acceptors (Lipinski definition) is 7. The zero-order chi connectivity index (χ0) is 19.1. The van der Waals surface area contributed by atoms with E-state index in [0.29, 0.717) is 30.3 Å². The minimum atomic E-state index is 0.0444. The topological polar surface area (TPSA) is 81.1 Å². The Morgan fingerprint density at radius 2 is 2.11 bits per heavy atom. The second-order valence-corrected chi connectivity index (χ2v) is 7.78. The van der Waals surface area contributed by atoms with Gasteiger partial charge in [-0.1, -0.05) is 0 Å². The molecule has 1 saturated heterocycles. The van der Waals surface area contributed by atoms with Crippen molar-refractivity contribution in [2.24, 2.45) is 0 Å². The number of nitrogens with zero attached hydrogens (tertiary/aromatic N) is 5. The lowest BCUT2D eigenvalue weighted by Gasteiger charge is -2.32. The van der Waals surface area contributed by atoms with Crippen LogP contribution in [0.15, 0.2) is 42.9 Å². The Morgan fingerprint density at radius 3 is 3.00 bits per heavy atom. The van der Waals surface area contributed by atoms with Crippen LogP contribution in [0, 0.1) is 0 Å². The van der Waals surface area contributed by atoms with E-state index in [1.54, 1.807) is 18.6 Å². The number of rotatable bonds is 2. The van der Waals surface area contributed by atoms with Crippen molar-refractivity contribution >= 4 is 38.6 Å². The van der Waals surface area contributed by atoms with E-state index >= 15 is 0 Å². The van der Waals surface area contributed by atoms with Crippen molar-refractivity contribution in [1.29, 1.82) is 0 Å². The second kappa shape index (κ2) is 6.88. The third kappa shape index (κ3) is 3.00. The molecule has 0 aliphatic carbocycles. The number of carbonyl (C=O) groups is 1. The van der Waals surface area contributed by atoms with Crippen LogP contribution >= 0.6 is 11.3 Å². The van der Waals surface area contributed by atoms with Gasteiger partial charge in [-0.15, -0.1) is 11.3 Å². The average Bonchev–Trinajstić information content (AvgIpc) is 3.16. The number of carbonyl (C=O) groups excluding carboxylic acids is 1. The van der Waals surface area contributed by atoms with Crippen molar-refractivity contribution in [3.63, 3.8) is 0 Å². The summed E-state index contributed by atoms with van der Waals surface area (Å²) < 4.78 is 5.43. The van der Waals surface area contributed by atoms with Gasteiger partial charge in [-0.2, -0.15) is 0 Å². The number of ether oxygens (including phenoxy) is 1. The lowest BCUT2D eigenvalue weighted by molar-refractivity contribution is 0.00387. The predicted molar refractivity (Wildman–Crippen MR) is 107 cm³/mol. The van der Waals surface area contributed by atoms with Crippen LogP contribution in [0.1, 0.15) is 16.6 Å². The molecule has 1 fully saturated rings. The first-order chi connectivity index (χ1) is 13.7. The van der Waals surface area contributed by atoms with Crippen LogP contribution in [0.4, 0.5) is 0 Å². The maximum atomic E-state index is 12.9. The highest BCUT2D eigenvalue weighted by atomic mass is 32.1. The highest BCUT2D eigenvalue weighted by Crippen LogP contribution is 2.29. The summed E-state index contributed by atoms with van der Waals surface area (Å²) in [7, 11) is 0. The Kier molecular flexibility index (Phi) is 4.22. The molecule has 1 aliphatic heterocycles. The van der Waals surface area contributed by atoms with Crippen molar-refractivity contribution in [3.8, 4) is 11.3 Å². The zero-order valence-corrected chi connectivity index (χ0v) is 16.0. The van der Waals surface area contributed by atoms with Gasteiger partial charge in [-0.05, 0) is 31.2 Å². The summed E-state index contributed by atoms with van der Waals surface area (Å²) in [5, 5.41) is 0.964. The SMILES string of the molecule is CC1COCCN1C(=O)c1cc2ccc(-c3cnc4nccnc4c3)nc2s1. The Labute approximate surface area is 165 Å². The maximum absolute atomic E-state index is 12.9. The van der Waals surface area contributed by atoms with E-state index in [1.807, 2.05) is 36.1 Å². The van der Waals surface area contributed by atoms with Gasteiger partial charge in [0.15, 0.2) is 5.65 Å². The van der Waals surface area contributed by atoms with E-state index in [0.717, 1.165) is 27.0 Å². The third-order valence-corrected chi connectivity index (χ3v) is 5.88. The van der Waals surface area contributed by atoms with Gasteiger partial charge in [0.2, 0.25) is 0 Å². The summed E-state index contributed by atoms with van der Waals surface area (Å²) in [5.74, 6) is 0.0444. The van der Waals surface area contributed by atoms with E-state index < -0.39 is 0 Å². The molecule has 0 N–H and O–H groups in total. The van der Waals surface area contributed by atoms with Gasteiger partial charge in [0, 0.05) is 36.1 Å². The van der Waals surface area contributed by atoms with Crippen molar-refractivity contribution < 1.29 is 9.53 Å². The van der Waals surface area contributed by atoms with Gasteiger partial charge in [0.1, 0.15) is 10.3 Å². The number of pyridine rings is 2. The average molecular weight is 391 g/mol. The standard InChI is InChI=1S/C20H17N5O2S/c1-12-11-27-7-6-25(12)20(26)17-9-13-2-3-15(24-19(13)28-17)14-8-16-18(23-10-14)22-5-4-21-16/h2-5,8-10,12H,6-7,11H2,1H3. The first-order valence-electron chi connectivity index (χ1n) is 9.05. The lowest BCUT2D eigenvalue weighted by atomic mass is 10.1. The van der Waals surface area contributed by atoms with E-state index in [2.05, 4.69) is 15.0 Å². The van der Waals surface area contributed by atoms with Crippen molar-refractivity contribution in [1.82, 2.24) is 24.8 Å². The summed E-state index contributed by atoms with van der Waals surface area (Å²) >= 11 is 1.42.